The van der Waals surface area contributed by atoms with Crippen molar-refractivity contribution in [3.63, 3.8) is 0 Å². The van der Waals surface area contributed by atoms with Gasteiger partial charge < -0.3 is 0 Å². The molecule has 0 saturated heterocycles. The molecule has 0 amide bonds. The van der Waals surface area contributed by atoms with Crippen LogP contribution in [0.3, 0.4) is 0 Å². The minimum Gasteiger partial charge on any atom is -0.192 e. The highest BCUT2D eigenvalue weighted by molar-refractivity contribution is 6.42. The van der Waals surface area contributed by atoms with Crippen LogP contribution in [0.15, 0.2) is 36.4 Å². The zero-order valence-corrected chi connectivity index (χ0v) is 11.6. The molecule has 0 heterocycles. The van der Waals surface area contributed by atoms with Crippen LogP contribution in [0, 0.1) is 22.7 Å². The summed E-state index contributed by atoms with van der Waals surface area (Å²) in [5.41, 5.74) is 0.749. The van der Waals surface area contributed by atoms with Crippen molar-refractivity contribution in [2.45, 2.75) is 0 Å². The summed E-state index contributed by atoms with van der Waals surface area (Å²) in [6.45, 7) is 0. The van der Waals surface area contributed by atoms with Crippen molar-refractivity contribution < 1.29 is 0 Å². The minimum absolute atomic E-state index is 0.374. The molecule has 3 aromatic carbocycles. The largest absolute Gasteiger partial charge is 0.192 e. The fraction of sp³-hybridized carbons (Fsp3) is 0. The highest BCUT2D eigenvalue weighted by Crippen LogP contribution is 2.31. The summed E-state index contributed by atoms with van der Waals surface area (Å²) in [7, 11) is 0. The van der Waals surface area contributed by atoms with Gasteiger partial charge in [0.25, 0.3) is 0 Å². The number of nitriles is 2. The van der Waals surface area contributed by atoms with E-state index in [1.807, 2.05) is 24.3 Å². The highest BCUT2D eigenvalue weighted by Gasteiger charge is 2.07. The van der Waals surface area contributed by atoms with Gasteiger partial charge >= 0.3 is 0 Å². The van der Waals surface area contributed by atoms with Gasteiger partial charge in [0.2, 0.25) is 0 Å². The zero-order valence-electron chi connectivity index (χ0n) is 10.1. The van der Waals surface area contributed by atoms with Crippen LogP contribution in [0.5, 0.6) is 0 Å². The van der Waals surface area contributed by atoms with Crippen LogP contribution < -0.4 is 0 Å². The predicted octanol–water partition coefficient (Wildman–Crippen LogP) is 5.04. The van der Waals surface area contributed by atoms with E-state index in [2.05, 4.69) is 0 Å². The number of benzene rings is 3. The Hall–Kier alpha value is -2.26. The topological polar surface area (TPSA) is 47.6 Å². The van der Waals surface area contributed by atoms with Gasteiger partial charge in [-0.3, -0.25) is 0 Å². The maximum atomic E-state index is 9.06. The van der Waals surface area contributed by atoms with Gasteiger partial charge in [-0.15, -0.1) is 0 Å². The molecule has 2 nitrogen and oxygen atoms in total. The van der Waals surface area contributed by atoms with Crippen molar-refractivity contribution in [2.75, 3.05) is 0 Å². The van der Waals surface area contributed by atoms with E-state index in [0.717, 1.165) is 21.5 Å². The Morgan fingerprint density at radius 2 is 0.950 bits per heavy atom. The molecule has 3 aromatic rings. The second-order valence-electron chi connectivity index (χ2n) is 4.43. The molecule has 0 aliphatic rings. The standard InChI is InChI=1S/C16H6Cl2N2/c17-15-5-11-1-9-3-13(7-19)14(8-20)4-10(9)2-12(11)6-16(15)18/h1-6H. The first-order chi connectivity index (χ1) is 9.62. The van der Waals surface area contributed by atoms with E-state index in [4.69, 9.17) is 33.7 Å². The van der Waals surface area contributed by atoms with Gasteiger partial charge in [-0.1, -0.05) is 23.2 Å². The fourth-order valence-electron chi connectivity index (χ4n) is 2.23. The molecule has 0 radical (unpaired) electrons. The summed E-state index contributed by atoms with van der Waals surface area (Å²) in [5, 5.41) is 22.8. The Morgan fingerprint density at radius 1 is 0.600 bits per heavy atom. The monoisotopic (exact) mass is 296 g/mol. The van der Waals surface area contributed by atoms with E-state index in [1.165, 1.54) is 0 Å². The van der Waals surface area contributed by atoms with Crippen molar-refractivity contribution >= 4 is 44.7 Å². The van der Waals surface area contributed by atoms with E-state index >= 15 is 0 Å². The first-order valence-corrected chi connectivity index (χ1v) is 6.55. The van der Waals surface area contributed by atoms with Crippen LogP contribution in [-0.4, -0.2) is 0 Å². The lowest BCUT2D eigenvalue weighted by atomic mass is 9.99. The van der Waals surface area contributed by atoms with Crippen molar-refractivity contribution in [3.8, 4) is 12.1 Å². The molecule has 0 aliphatic heterocycles. The van der Waals surface area contributed by atoms with Crippen LogP contribution in [0.1, 0.15) is 11.1 Å². The summed E-state index contributed by atoms with van der Waals surface area (Å²) < 4.78 is 0. The SMILES string of the molecule is N#Cc1cc2cc3cc(Cl)c(Cl)cc3cc2cc1C#N. The molecule has 94 valence electrons. The average Bonchev–Trinajstić information content (AvgIpc) is 2.45. The van der Waals surface area contributed by atoms with E-state index in [-0.39, 0.29) is 0 Å². The van der Waals surface area contributed by atoms with Crippen molar-refractivity contribution in [3.05, 3.63) is 57.6 Å². The average molecular weight is 297 g/mol. The van der Waals surface area contributed by atoms with Gasteiger partial charge in [-0.05, 0) is 57.9 Å². The zero-order chi connectivity index (χ0) is 14.3. The molecule has 0 saturated carbocycles. The Bertz CT molecular complexity index is 869. The van der Waals surface area contributed by atoms with Crippen LogP contribution in [-0.2, 0) is 0 Å². The summed E-state index contributed by atoms with van der Waals surface area (Å²) in [6, 6.07) is 15.0. The molecule has 0 aromatic heterocycles. The lowest BCUT2D eigenvalue weighted by Gasteiger charge is -2.06. The highest BCUT2D eigenvalue weighted by atomic mass is 35.5. The van der Waals surface area contributed by atoms with Gasteiger partial charge in [-0.2, -0.15) is 10.5 Å². The first kappa shape index (κ1) is 12.8. The summed E-state index contributed by atoms with van der Waals surface area (Å²) >= 11 is 12.0. The van der Waals surface area contributed by atoms with E-state index in [0.29, 0.717) is 21.2 Å². The fourth-order valence-corrected chi connectivity index (χ4v) is 2.58. The van der Waals surface area contributed by atoms with Gasteiger partial charge in [0.05, 0.1) is 21.2 Å². The van der Waals surface area contributed by atoms with Crippen LogP contribution in [0.2, 0.25) is 10.0 Å². The van der Waals surface area contributed by atoms with E-state index in [1.54, 1.807) is 24.3 Å². The number of hydrogen-bond acceptors (Lipinski definition) is 2. The van der Waals surface area contributed by atoms with Gasteiger partial charge in [0.1, 0.15) is 12.1 Å². The lowest BCUT2D eigenvalue weighted by molar-refractivity contribution is 1.45. The molecule has 0 fully saturated rings. The number of hydrogen-bond donors (Lipinski definition) is 0. The van der Waals surface area contributed by atoms with Crippen LogP contribution in [0.25, 0.3) is 21.5 Å². The molecule has 0 spiro atoms. The first-order valence-electron chi connectivity index (χ1n) is 5.79. The van der Waals surface area contributed by atoms with Crippen LogP contribution >= 0.6 is 23.2 Å². The lowest BCUT2D eigenvalue weighted by Crippen LogP contribution is -1.85. The summed E-state index contributed by atoms with van der Waals surface area (Å²) in [6.07, 6.45) is 0. The van der Waals surface area contributed by atoms with Crippen LogP contribution in [0.4, 0.5) is 0 Å². The van der Waals surface area contributed by atoms with E-state index < -0.39 is 0 Å². The summed E-state index contributed by atoms with van der Waals surface area (Å²) in [4.78, 5) is 0. The number of fused-ring (bicyclic) bond motifs is 2. The third-order valence-corrected chi connectivity index (χ3v) is 3.93. The van der Waals surface area contributed by atoms with Crippen molar-refractivity contribution in [1.29, 1.82) is 10.5 Å². The van der Waals surface area contributed by atoms with Crippen molar-refractivity contribution in [1.82, 2.24) is 0 Å². The molecule has 4 heteroatoms. The summed E-state index contributed by atoms with van der Waals surface area (Å²) in [5.74, 6) is 0. The molecule has 0 atom stereocenters. The van der Waals surface area contributed by atoms with Gasteiger partial charge in [0.15, 0.2) is 0 Å². The number of nitrogens with zero attached hydrogens (tertiary/aromatic N) is 2. The van der Waals surface area contributed by atoms with Gasteiger partial charge in [-0.25, -0.2) is 0 Å². The smallest absolute Gasteiger partial charge is 0.101 e. The molecular weight excluding hydrogens is 291 g/mol. The minimum atomic E-state index is 0.374. The maximum Gasteiger partial charge on any atom is 0.101 e. The van der Waals surface area contributed by atoms with Gasteiger partial charge in [0, 0.05) is 0 Å². The number of rotatable bonds is 0. The molecule has 0 N–H and O–H groups in total. The third kappa shape index (κ3) is 1.96. The Balaban J connectivity index is 2.43. The molecule has 0 aliphatic carbocycles. The Kier molecular flexibility index (Phi) is 2.99. The maximum absolute atomic E-state index is 9.06. The normalized spacial score (nSPS) is 10.4. The molecule has 20 heavy (non-hydrogen) atoms. The number of halogens is 2. The predicted molar refractivity (Wildman–Crippen MR) is 80.9 cm³/mol. The van der Waals surface area contributed by atoms with Crippen molar-refractivity contribution in [2.24, 2.45) is 0 Å². The second-order valence-corrected chi connectivity index (χ2v) is 5.25. The quantitative estimate of drug-likeness (QED) is 0.545. The molecule has 0 unspecified atom stereocenters. The van der Waals surface area contributed by atoms with E-state index in [9.17, 15) is 0 Å². The molecule has 0 bridgehead atoms. The Morgan fingerprint density at radius 3 is 1.30 bits per heavy atom. The second kappa shape index (κ2) is 4.69. The molecule has 3 rings (SSSR count). The molecular formula is C16H6Cl2N2. The Labute approximate surface area is 125 Å². The third-order valence-electron chi connectivity index (χ3n) is 3.21.